The van der Waals surface area contributed by atoms with Gasteiger partial charge in [-0.3, -0.25) is 9.69 Å². The molecule has 0 amide bonds. The van der Waals surface area contributed by atoms with Gasteiger partial charge in [0, 0.05) is 18.5 Å². The summed E-state index contributed by atoms with van der Waals surface area (Å²) in [6.07, 6.45) is 1.70. The summed E-state index contributed by atoms with van der Waals surface area (Å²) in [7, 11) is 0. The van der Waals surface area contributed by atoms with Crippen LogP contribution < -0.4 is 0 Å². The largest absolute Gasteiger partial charge is 0.480 e. The minimum atomic E-state index is -0.878. The van der Waals surface area contributed by atoms with Crippen molar-refractivity contribution in [3.63, 3.8) is 0 Å². The molecule has 1 aliphatic heterocycles. The summed E-state index contributed by atoms with van der Waals surface area (Å²) in [5, 5.41) is 18.7. The van der Waals surface area contributed by atoms with Crippen molar-refractivity contribution >= 4 is 5.97 Å². The highest BCUT2D eigenvalue weighted by atomic mass is 16.4. The Kier molecular flexibility index (Phi) is 3.52. The highest BCUT2D eigenvalue weighted by Gasteiger charge is 2.38. The van der Waals surface area contributed by atoms with Crippen LogP contribution in [0.1, 0.15) is 20.3 Å². The molecule has 4 nitrogen and oxygen atoms in total. The number of piperidine rings is 1. The SMILES string of the molecule is C=CC(C(=O)O)N1CCC(O)C(C)(C)C1. The average molecular weight is 213 g/mol. The second kappa shape index (κ2) is 4.33. The molecule has 0 aromatic carbocycles. The summed E-state index contributed by atoms with van der Waals surface area (Å²) < 4.78 is 0. The number of hydrogen-bond donors (Lipinski definition) is 2. The third kappa shape index (κ3) is 2.58. The van der Waals surface area contributed by atoms with Gasteiger partial charge < -0.3 is 10.2 Å². The molecule has 1 saturated heterocycles. The van der Waals surface area contributed by atoms with Crippen LogP contribution >= 0.6 is 0 Å². The second-order valence-corrected chi connectivity index (χ2v) is 4.78. The van der Waals surface area contributed by atoms with Gasteiger partial charge in [-0.15, -0.1) is 6.58 Å². The molecule has 4 heteroatoms. The van der Waals surface area contributed by atoms with Gasteiger partial charge in [-0.25, -0.2) is 0 Å². The van der Waals surface area contributed by atoms with E-state index < -0.39 is 12.0 Å². The van der Waals surface area contributed by atoms with Crippen molar-refractivity contribution in [2.45, 2.75) is 32.4 Å². The van der Waals surface area contributed by atoms with E-state index in [1.165, 1.54) is 6.08 Å². The van der Waals surface area contributed by atoms with Crippen molar-refractivity contribution in [1.82, 2.24) is 4.90 Å². The Balaban J connectivity index is 2.73. The van der Waals surface area contributed by atoms with Gasteiger partial charge in [0.2, 0.25) is 0 Å². The lowest BCUT2D eigenvalue weighted by Crippen LogP contribution is -2.53. The standard InChI is InChI=1S/C11H19NO3/c1-4-8(10(14)15)12-6-5-9(13)11(2,3)7-12/h4,8-9,13H,1,5-7H2,2-3H3,(H,14,15). The summed E-state index contributed by atoms with van der Waals surface area (Å²) in [6, 6.07) is -0.642. The lowest BCUT2D eigenvalue weighted by atomic mass is 9.80. The zero-order valence-corrected chi connectivity index (χ0v) is 9.31. The molecule has 0 aromatic heterocycles. The van der Waals surface area contributed by atoms with Gasteiger partial charge in [-0.1, -0.05) is 19.9 Å². The number of carboxylic acids is 1. The number of aliphatic hydroxyl groups is 1. The van der Waals surface area contributed by atoms with Gasteiger partial charge in [0.15, 0.2) is 0 Å². The van der Waals surface area contributed by atoms with E-state index in [0.29, 0.717) is 19.5 Å². The first-order valence-electron chi connectivity index (χ1n) is 5.16. The number of carboxylic acid groups (broad SMARTS) is 1. The first-order chi connectivity index (χ1) is 6.88. The molecule has 2 unspecified atom stereocenters. The van der Waals surface area contributed by atoms with Crippen molar-refractivity contribution < 1.29 is 15.0 Å². The Labute approximate surface area is 90.2 Å². The molecular formula is C11H19NO3. The molecule has 0 radical (unpaired) electrons. The van der Waals surface area contributed by atoms with E-state index in [0.717, 1.165) is 0 Å². The fraction of sp³-hybridized carbons (Fsp3) is 0.727. The van der Waals surface area contributed by atoms with Crippen LogP contribution in [0.25, 0.3) is 0 Å². The Morgan fingerprint density at radius 3 is 2.67 bits per heavy atom. The summed E-state index contributed by atoms with van der Waals surface area (Å²) in [5.41, 5.74) is -0.255. The fourth-order valence-corrected chi connectivity index (χ4v) is 2.03. The van der Waals surface area contributed by atoms with Crippen LogP contribution in [0, 0.1) is 5.41 Å². The Bertz CT molecular complexity index is 263. The monoisotopic (exact) mass is 213 g/mol. The number of aliphatic hydroxyl groups excluding tert-OH is 1. The van der Waals surface area contributed by atoms with Crippen LogP contribution in [-0.2, 0) is 4.79 Å². The van der Waals surface area contributed by atoms with Crippen molar-refractivity contribution in [3.8, 4) is 0 Å². The lowest BCUT2D eigenvalue weighted by Gasteiger charge is -2.43. The smallest absolute Gasteiger partial charge is 0.324 e. The third-order valence-electron chi connectivity index (χ3n) is 3.07. The zero-order chi connectivity index (χ0) is 11.6. The van der Waals surface area contributed by atoms with Gasteiger partial charge in [-0.2, -0.15) is 0 Å². The maximum Gasteiger partial charge on any atom is 0.324 e. The quantitative estimate of drug-likeness (QED) is 0.678. The molecule has 0 bridgehead atoms. The normalized spacial score (nSPS) is 28.3. The van der Waals surface area contributed by atoms with Crippen molar-refractivity contribution in [1.29, 1.82) is 0 Å². The third-order valence-corrected chi connectivity index (χ3v) is 3.07. The summed E-state index contributed by atoms with van der Waals surface area (Å²) in [5.74, 6) is -0.878. The van der Waals surface area contributed by atoms with Crippen molar-refractivity contribution in [2.75, 3.05) is 13.1 Å². The van der Waals surface area contributed by atoms with Crippen LogP contribution in [-0.4, -0.2) is 46.3 Å². The summed E-state index contributed by atoms with van der Waals surface area (Å²) in [6.45, 7) is 8.62. The summed E-state index contributed by atoms with van der Waals surface area (Å²) in [4.78, 5) is 12.8. The number of rotatable bonds is 3. The van der Waals surface area contributed by atoms with Crippen LogP contribution in [0.15, 0.2) is 12.7 Å². The Morgan fingerprint density at radius 1 is 1.67 bits per heavy atom. The highest BCUT2D eigenvalue weighted by Crippen LogP contribution is 2.30. The average Bonchev–Trinajstić information content (AvgIpc) is 2.11. The van der Waals surface area contributed by atoms with Gasteiger partial charge in [0.25, 0.3) is 0 Å². The number of likely N-dealkylation sites (tertiary alicyclic amines) is 1. The first-order valence-corrected chi connectivity index (χ1v) is 5.16. The van der Waals surface area contributed by atoms with E-state index in [-0.39, 0.29) is 11.5 Å². The summed E-state index contributed by atoms with van der Waals surface area (Å²) >= 11 is 0. The molecule has 1 aliphatic rings. The van der Waals surface area contributed by atoms with E-state index in [9.17, 15) is 9.90 Å². The van der Waals surface area contributed by atoms with Crippen LogP contribution in [0.4, 0.5) is 0 Å². The predicted octanol–water partition coefficient (Wildman–Crippen LogP) is 0.718. The van der Waals surface area contributed by atoms with E-state index in [1.54, 1.807) is 0 Å². The van der Waals surface area contributed by atoms with E-state index in [1.807, 2.05) is 18.7 Å². The predicted molar refractivity (Wildman–Crippen MR) is 57.6 cm³/mol. The number of aliphatic carboxylic acids is 1. The van der Waals surface area contributed by atoms with E-state index in [2.05, 4.69) is 6.58 Å². The first kappa shape index (κ1) is 12.2. The van der Waals surface area contributed by atoms with Crippen molar-refractivity contribution in [3.05, 3.63) is 12.7 Å². The van der Waals surface area contributed by atoms with Crippen LogP contribution in [0.2, 0.25) is 0 Å². The maximum atomic E-state index is 10.9. The molecular weight excluding hydrogens is 194 g/mol. The molecule has 2 atom stereocenters. The molecule has 86 valence electrons. The van der Waals surface area contributed by atoms with Gasteiger partial charge >= 0.3 is 5.97 Å². The molecule has 1 rings (SSSR count). The molecule has 0 aliphatic carbocycles. The topological polar surface area (TPSA) is 60.8 Å². The number of hydrogen-bond acceptors (Lipinski definition) is 3. The van der Waals surface area contributed by atoms with Gasteiger partial charge in [0.05, 0.1) is 6.10 Å². The second-order valence-electron chi connectivity index (χ2n) is 4.78. The van der Waals surface area contributed by atoms with Gasteiger partial charge in [-0.05, 0) is 6.42 Å². The minimum Gasteiger partial charge on any atom is -0.480 e. The maximum absolute atomic E-state index is 10.9. The Hall–Kier alpha value is -0.870. The highest BCUT2D eigenvalue weighted by molar-refractivity contribution is 5.75. The Morgan fingerprint density at radius 2 is 2.27 bits per heavy atom. The molecule has 15 heavy (non-hydrogen) atoms. The minimum absolute atomic E-state index is 0.255. The molecule has 1 heterocycles. The van der Waals surface area contributed by atoms with Crippen LogP contribution in [0.3, 0.4) is 0 Å². The van der Waals surface area contributed by atoms with Gasteiger partial charge in [0.1, 0.15) is 6.04 Å². The molecule has 0 aromatic rings. The molecule has 0 saturated carbocycles. The number of carbonyl (C=O) groups is 1. The molecule has 0 spiro atoms. The molecule has 1 fully saturated rings. The van der Waals surface area contributed by atoms with Crippen LogP contribution in [0.5, 0.6) is 0 Å². The lowest BCUT2D eigenvalue weighted by molar-refractivity contribution is -0.144. The zero-order valence-electron chi connectivity index (χ0n) is 9.31. The van der Waals surface area contributed by atoms with E-state index in [4.69, 9.17) is 5.11 Å². The van der Waals surface area contributed by atoms with Crippen molar-refractivity contribution in [2.24, 2.45) is 5.41 Å². The molecule has 2 N–H and O–H groups in total. The number of nitrogens with zero attached hydrogens (tertiary/aromatic N) is 1. The fourth-order valence-electron chi connectivity index (χ4n) is 2.03. The van der Waals surface area contributed by atoms with E-state index >= 15 is 0 Å².